The van der Waals surface area contributed by atoms with Crippen molar-refractivity contribution in [3.05, 3.63) is 18.2 Å². The molecule has 0 saturated carbocycles. The molecule has 0 fully saturated rings. The standard InChI is InChI=1S/C6H4N3OS.3C4H9.Sn/c10-8-3-5-6-9(4-7-5)1-2-11-6;3*1-3-4-2;/h1,3-4,10H;3*1,3-4H2,2H3;. The summed E-state index contributed by atoms with van der Waals surface area (Å²) in [7, 11) is 0. The Kier molecular flexibility index (Phi) is 8.07. The van der Waals surface area contributed by atoms with Crippen LogP contribution in [0, 0.1) is 0 Å². The van der Waals surface area contributed by atoms with Crippen molar-refractivity contribution in [3.63, 3.8) is 0 Å². The molecule has 0 aliphatic carbocycles. The van der Waals surface area contributed by atoms with Crippen LogP contribution in [0.4, 0.5) is 0 Å². The molecule has 2 rings (SSSR count). The van der Waals surface area contributed by atoms with Crippen molar-refractivity contribution in [1.29, 1.82) is 0 Å². The maximum absolute atomic E-state index is 8.85. The number of oxime groups is 1. The molecule has 0 radical (unpaired) electrons. The number of imidazole rings is 1. The third-order valence-electron chi connectivity index (χ3n) is 4.97. The predicted octanol–water partition coefficient (Wildman–Crippen LogP) is 5.26. The van der Waals surface area contributed by atoms with Crippen LogP contribution in [0.2, 0.25) is 13.3 Å². The van der Waals surface area contributed by atoms with E-state index in [1.54, 1.807) is 2.89 Å². The summed E-state index contributed by atoms with van der Waals surface area (Å²) >= 11 is -0.443. The van der Waals surface area contributed by atoms with Gasteiger partial charge < -0.3 is 0 Å². The van der Waals surface area contributed by atoms with Crippen LogP contribution in [0.1, 0.15) is 65.0 Å². The third-order valence-corrected chi connectivity index (χ3v) is 24.3. The molecule has 24 heavy (non-hydrogen) atoms. The zero-order valence-corrected chi connectivity index (χ0v) is 19.0. The van der Waals surface area contributed by atoms with E-state index in [0.29, 0.717) is 0 Å². The number of rotatable bonds is 11. The van der Waals surface area contributed by atoms with Crippen molar-refractivity contribution >= 4 is 43.7 Å². The number of thiazole rings is 1. The van der Waals surface area contributed by atoms with Gasteiger partial charge in [0, 0.05) is 0 Å². The first-order valence-corrected chi connectivity index (χ1v) is 17.6. The number of aromatic nitrogens is 2. The predicted molar refractivity (Wildman–Crippen MR) is 107 cm³/mol. The summed E-state index contributed by atoms with van der Waals surface area (Å²) in [5.74, 6) is 0. The monoisotopic (exact) mass is 457 g/mol. The second kappa shape index (κ2) is 9.80. The molecule has 0 bridgehead atoms. The fraction of sp³-hybridized carbons (Fsp3) is 0.667. The third kappa shape index (κ3) is 4.54. The summed E-state index contributed by atoms with van der Waals surface area (Å²) < 4.78 is 8.26. The van der Waals surface area contributed by atoms with Crippen LogP contribution in [0.3, 0.4) is 0 Å². The van der Waals surface area contributed by atoms with E-state index in [4.69, 9.17) is 5.21 Å². The van der Waals surface area contributed by atoms with Crippen molar-refractivity contribution < 1.29 is 5.21 Å². The molecule has 0 unspecified atom stereocenters. The van der Waals surface area contributed by atoms with E-state index in [1.807, 2.05) is 17.7 Å². The second-order valence-electron chi connectivity index (χ2n) is 6.77. The summed E-state index contributed by atoms with van der Waals surface area (Å²) in [6.45, 7) is 6.95. The maximum atomic E-state index is 8.85. The number of fused-ring (bicyclic) bond motifs is 1. The van der Waals surface area contributed by atoms with Gasteiger partial charge in [-0.1, -0.05) is 0 Å². The molecule has 4 nitrogen and oxygen atoms in total. The Balaban J connectivity index is 2.42. The first-order valence-electron chi connectivity index (χ1n) is 9.35. The van der Waals surface area contributed by atoms with Gasteiger partial charge in [0.05, 0.1) is 0 Å². The average Bonchev–Trinajstić information content (AvgIpc) is 3.17. The topological polar surface area (TPSA) is 49.9 Å². The first-order chi connectivity index (χ1) is 11.7. The molecule has 0 spiro atoms. The van der Waals surface area contributed by atoms with Crippen molar-refractivity contribution in [3.8, 4) is 0 Å². The Hall–Kier alpha value is -0.561. The molecule has 1 N–H and O–H groups in total. The molecule has 134 valence electrons. The number of nitrogens with zero attached hydrogens (tertiary/aromatic N) is 3. The van der Waals surface area contributed by atoms with Gasteiger partial charge in [0.2, 0.25) is 0 Å². The Labute approximate surface area is 153 Å². The number of unbranched alkanes of at least 4 members (excludes halogenated alkanes) is 3. The summed E-state index contributed by atoms with van der Waals surface area (Å²) in [5, 5.41) is 12.0. The average molecular weight is 456 g/mol. The minimum absolute atomic E-state index is 0.787. The van der Waals surface area contributed by atoms with Crippen LogP contribution in [0.5, 0.6) is 0 Å². The summed E-state index contributed by atoms with van der Waals surface area (Å²) in [6, 6.07) is 0. The van der Waals surface area contributed by atoms with Crippen molar-refractivity contribution in [2.24, 2.45) is 5.16 Å². The van der Waals surface area contributed by atoms with E-state index in [1.165, 1.54) is 58.0 Å². The van der Waals surface area contributed by atoms with Gasteiger partial charge in [0.15, 0.2) is 0 Å². The molecule has 6 heteroatoms. The second-order valence-corrected chi connectivity index (χ2v) is 22.0. The van der Waals surface area contributed by atoms with Gasteiger partial charge in [-0.2, -0.15) is 0 Å². The van der Waals surface area contributed by atoms with Crippen LogP contribution in [-0.4, -0.2) is 39.2 Å². The molecule has 0 atom stereocenters. The van der Waals surface area contributed by atoms with Crippen molar-refractivity contribution in [2.45, 2.75) is 72.6 Å². The normalized spacial score (nSPS) is 12.6. The minimum atomic E-state index is -2.36. The molecule has 0 aliphatic rings. The van der Waals surface area contributed by atoms with Crippen LogP contribution < -0.4 is 2.89 Å². The van der Waals surface area contributed by atoms with Gasteiger partial charge in [-0.15, -0.1) is 0 Å². The van der Waals surface area contributed by atoms with Gasteiger partial charge in [0.1, 0.15) is 0 Å². The molecule has 0 aromatic carbocycles. The van der Waals surface area contributed by atoms with Crippen molar-refractivity contribution in [1.82, 2.24) is 9.38 Å². The fourth-order valence-electron chi connectivity index (χ4n) is 3.50. The van der Waals surface area contributed by atoms with Crippen LogP contribution in [-0.2, 0) is 0 Å². The SMILES string of the molecule is CCC[CH2][Sn]([CH2]CCC)([CH2]CCC)[c]1cn2cnc(C=NO)c2s1. The Morgan fingerprint density at radius 3 is 2.21 bits per heavy atom. The number of hydrogen-bond donors (Lipinski definition) is 1. The molecular formula is C18H31N3OSSn. The van der Waals surface area contributed by atoms with E-state index in [2.05, 4.69) is 41.5 Å². The molecule has 2 aromatic heterocycles. The Bertz CT molecular complexity index is 628. The van der Waals surface area contributed by atoms with E-state index in [9.17, 15) is 0 Å². The zero-order valence-electron chi connectivity index (χ0n) is 15.3. The molecule has 0 amide bonds. The Morgan fingerprint density at radius 2 is 1.71 bits per heavy atom. The van der Waals surface area contributed by atoms with Crippen molar-refractivity contribution in [2.75, 3.05) is 0 Å². The molecule has 2 aromatic rings. The summed E-state index contributed by atoms with van der Waals surface area (Å²) in [4.78, 5) is 5.47. The molecule has 0 saturated heterocycles. The van der Waals surface area contributed by atoms with E-state index in [-0.39, 0.29) is 0 Å². The van der Waals surface area contributed by atoms with Crippen LogP contribution in [0.15, 0.2) is 17.7 Å². The van der Waals surface area contributed by atoms with Gasteiger partial charge in [0.25, 0.3) is 0 Å². The van der Waals surface area contributed by atoms with Crippen LogP contribution >= 0.6 is 11.3 Å². The molecule has 2 heterocycles. The fourth-order valence-corrected chi connectivity index (χ4v) is 23.5. The van der Waals surface area contributed by atoms with Gasteiger partial charge in [-0.25, -0.2) is 0 Å². The Morgan fingerprint density at radius 1 is 1.12 bits per heavy atom. The summed E-state index contributed by atoms with van der Waals surface area (Å²) in [5.41, 5.74) is 0.787. The van der Waals surface area contributed by atoms with Gasteiger partial charge in [-0.05, 0) is 0 Å². The number of hydrogen-bond acceptors (Lipinski definition) is 4. The summed E-state index contributed by atoms with van der Waals surface area (Å²) in [6.07, 6.45) is 13.7. The zero-order chi connectivity index (χ0) is 17.4. The molecule has 0 aliphatic heterocycles. The van der Waals surface area contributed by atoms with E-state index >= 15 is 0 Å². The van der Waals surface area contributed by atoms with Gasteiger partial charge in [-0.3, -0.25) is 0 Å². The van der Waals surface area contributed by atoms with Crippen LogP contribution in [0.25, 0.3) is 4.83 Å². The van der Waals surface area contributed by atoms with E-state index in [0.717, 1.165) is 10.5 Å². The molecular weight excluding hydrogens is 425 g/mol. The van der Waals surface area contributed by atoms with E-state index < -0.39 is 18.4 Å². The van der Waals surface area contributed by atoms with Gasteiger partial charge >= 0.3 is 154 Å². The first kappa shape index (κ1) is 19.8. The quantitative estimate of drug-likeness (QED) is 0.217.